The number of carbonyl (C=O) groups is 2. The average molecular weight is 506 g/mol. The van der Waals surface area contributed by atoms with Gasteiger partial charge in [-0.05, 0) is 62.1 Å². The Hall–Kier alpha value is -2.46. The monoisotopic (exact) mass is 505 g/mol. The van der Waals surface area contributed by atoms with E-state index in [9.17, 15) is 18.0 Å². The SMILES string of the molecule is O=C(NC[C@@H]1CCCO1)c1ccccc1NC(=O)C1CCN(S(=O)(=O)c2ccc(Cl)cc2)CC1. The van der Waals surface area contributed by atoms with Gasteiger partial charge in [-0.15, -0.1) is 0 Å². The van der Waals surface area contributed by atoms with Crippen molar-refractivity contribution in [3.63, 3.8) is 0 Å². The van der Waals surface area contributed by atoms with Crippen molar-refractivity contribution in [2.75, 3.05) is 31.6 Å². The Morgan fingerprint density at radius 2 is 1.74 bits per heavy atom. The van der Waals surface area contributed by atoms with Crippen molar-refractivity contribution in [3.8, 4) is 0 Å². The van der Waals surface area contributed by atoms with E-state index in [0.717, 1.165) is 12.8 Å². The second-order valence-electron chi connectivity index (χ2n) is 8.51. The smallest absolute Gasteiger partial charge is 0.253 e. The van der Waals surface area contributed by atoms with Gasteiger partial charge in [-0.3, -0.25) is 9.59 Å². The standard InChI is InChI=1S/C24H28ClN3O5S/c25-18-7-9-20(10-8-18)34(31,32)28-13-11-17(12-14-28)23(29)27-22-6-2-1-5-21(22)24(30)26-16-19-4-3-15-33-19/h1-2,5-10,17,19H,3-4,11-16H2,(H,26,30)(H,27,29)/t19-/m0/s1. The zero-order valence-electron chi connectivity index (χ0n) is 18.7. The van der Waals surface area contributed by atoms with Crippen molar-refractivity contribution in [1.29, 1.82) is 0 Å². The second-order valence-corrected chi connectivity index (χ2v) is 10.9. The number of hydrogen-bond acceptors (Lipinski definition) is 5. The van der Waals surface area contributed by atoms with Crippen LogP contribution in [0.4, 0.5) is 5.69 Å². The summed E-state index contributed by atoms with van der Waals surface area (Å²) in [6.07, 6.45) is 2.73. The maximum atomic E-state index is 12.9. The van der Waals surface area contributed by atoms with Crippen molar-refractivity contribution in [1.82, 2.24) is 9.62 Å². The first-order valence-electron chi connectivity index (χ1n) is 11.4. The number of nitrogens with zero attached hydrogens (tertiary/aromatic N) is 1. The van der Waals surface area contributed by atoms with Crippen LogP contribution >= 0.6 is 11.6 Å². The van der Waals surface area contributed by atoms with Crippen LogP contribution in [0.15, 0.2) is 53.4 Å². The lowest BCUT2D eigenvalue weighted by Crippen LogP contribution is -2.41. The molecule has 0 bridgehead atoms. The van der Waals surface area contributed by atoms with Crippen LogP contribution in [0, 0.1) is 5.92 Å². The minimum atomic E-state index is -3.64. The summed E-state index contributed by atoms with van der Waals surface area (Å²) in [5.74, 6) is -0.835. The molecule has 2 amide bonds. The van der Waals surface area contributed by atoms with Crippen LogP contribution in [0.5, 0.6) is 0 Å². The van der Waals surface area contributed by atoms with Crippen LogP contribution in [0.1, 0.15) is 36.0 Å². The summed E-state index contributed by atoms with van der Waals surface area (Å²) < 4.78 is 32.7. The third-order valence-corrected chi connectivity index (χ3v) is 8.38. The molecular formula is C24H28ClN3O5S. The molecule has 0 spiro atoms. The quantitative estimate of drug-likeness (QED) is 0.600. The van der Waals surface area contributed by atoms with Gasteiger partial charge in [0.15, 0.2) is 0 Å². The third kappa shape index (κ3) is 5.78. The molecule has 0 unspecified atom stereocenters. The molecule has 2 saturated heterocycles. The number of para-hydroxylation sites is 1. The van der Waals surface area contributed by atoms with E-state index in [0.29, 0.717) is 42.3 Å². The molecular weight excluding hydrogens is 478 g/mol. The minimum absolute atomic E-state index is 0.0278. The Kier molecular flexibility index (Phi) is 7.88. The molecule has 34 heavy (non-hydrogen) atoms. The molecule has 0 aliphatic carbocycles. The number of hydrogen-bond donors (Lipinski definition) is 2. The van der Waals surface area contributed by atoms with Crippen LogP contribution < -0.4 is 10.6 Å². The van der Waals surface area contributed by atoms with E-state index in [2.05, 4.69) is 10.6 Å². The molecule has 0 aromatic heterocycles. The number of carbonyl (C=O) groups excluding carboxylic acids is 2. The van der Waals surface area contributed by atoms with Gasteiger partial charge < -0.3 is 15.4 Å². The first kappa shape index (κ1) is 24.7. The van der Waals surface area contributed by atoms with E-state index in [1.807, 2.05) is 0 Å². The van der Waals surface area contributed by atoms with Gasteiger partial charge in [-0.25, -0.2) is 8.42 Å². The van der Waals surface area contributed by atoms with E-state index in [1.165, 1.54) is 16.4 Å². The normalized spacial score (nSPS) is 19.6. The Balaban J connectivity index is 1.34. The molecule has 10 heteroatoms. The predicted molar refractivity (Wildman–Crippen MR) is 129 cm³/mol. The van der Waals surface area contributed by atoms with Crippen molar-refractivity contribution >= 4 is 39.1 Å². The van der Waals surface area contributed by atoms with Crippen molar-refractivity contribution in [2.24, 2.45) is 5.92 Å². The number of ether oxygens (including phenoxy) is 1. The molecule has 182 valence electrons. The summed E-state index contributed by atoms with van der Waals surface area (Å²) in [5, 5.41) is 6.21. The fraction of sp³-hybridized carbons (Fsp3) is 0.417. The lowest BCUT2D eigenvalue weighted by Gasteiger charge is -2.30. The zero-order valence-corrected chi connectivity index (χ0v) is 20.3. The van der Waals surface area contributed by atoms with Crippen LogP contribution in [0.2, 0.25) is 5.02 Å². The molecule has 2 heterocycles. The molecule has 2 aromatic carbocycles. The largest absolute Gasteiger partial charge is 0.376 e. The highest BCUT2D eigenvalue weighted by Crippen LogP contribution is 2.26. The van der Waals surface area contributed by atoms with Crippen LogP contribution in [0.3, 0.4) is 0 Å². The highest BCUT2D eigenvalue weighted by Gasteiger charge is 2.32. The molecule has 2 aliphatic rings. The number of amides is 2. The highest BCUT2D eigenvalue weighted by atomic mass is 35.5. The molecule has 2 fully saturated rings. The van der Waals surface area contributed by atoms with Gasteiger partial charge in [-0.1, -0.05) is 23.7 Å². The maximum absolute atomic E-state index is 12.9. The van der Waals surface area contributed by atoms with E-state index in [4.69, 9.17) is 16.3 Å². The number of benzene rings is 2. The summed E-state index contributed by atoms with van der Waals surface area (Å²) in [5.41, 5.74) is 0.824. The molecule has 8 nitrogen and oxygen atoms in total. The number of nitrogens with one attached hydrogen (secondary N) is 2. The average Bonchev–Trinajstić information content (AvgIpc) is 3.37. The van der Waals surface area contributed by atoms with Gasteiger partial charge in [0.2, 0.25) is 15.9 Å². The van der Waals surface area contributed by atoms with E-state index in [1.54, 1.807) is 36.4 Å². The molecule has 4 rings (SSSR count). The van der Waals surface area contributed by atoms with Gasteiger partial charge in [0, 0.05) is 37.2 Å². The second kappa shape index (κ2) is 10.9. The van der Waals surface area contributed by atoms with E-state index in [-0.39, 0.29) is 41.8 Å². The lowest BCUT2D eigenvalue weighted by molar-refractivity contribution is -0.120. The minimum Gasteiger partial charge on any atom is -0.376 e. The molecule has 2 aliphatic heterocycles. The summed E-state index contributed by atoms with van der Waals surface area (Å²) >= 11 is 5.86. The molecule has 1 atom stereocenters. The Bertz CT molecular complexity index is 1130. The molecule has 2 N–H and O–H groups in total. The third-order valence-electron chi connectivity index (χ3n) is 6.22. The topological polar surface area (TPSA) is 105 Å². The van der Waals surface area contributed by atoms with Gasteiger partial charge in [-0.2, -0.15) is 4.31 Å². The molecule has 0 radical (unpaired) electrons. The van der Waals surface area contributed by atoms with Crippen LogP contribution in [0.25, 0.3) is 0 Å². The molecule has 0 saturated carbocycles. The van der Waals surface area contributed by atoms with Gasteiger partial charge in [0.1, 0.15) is 0 Å². The predicted octanol–water partition coefficient (Wildman–Crippen LogP) is 3.29. The van der Waals surface area contributed by atoms with E-state index >= 15 is 0 Å². The van der Waals surface area contributed by atoms with Crippen LogP contribution in [-0.2, 0) is 19.6 Å². The van der Waals surface area contributed by atoms with Crippen molar-refractivity contribution in [2.45, 2.75) is 36.7 Å². The maximum Gasteiger partial charge on any atom is 0.253 e. The number of rotatable bonds is 7. The number of sulfonamides is 1. The first-order valence-corrected chi connectivity index (χ1v) is 13.2. The molecule has 2 aromatic rings. The number of halogens is 1. The fourth-order valence-corrected chi connectivity index (χ4v) is 5.84. The first-order chi connectivity index (χ1) is 16.3. The van der Waals surface area contributed by atoms with Gasteiger partial charge in [0.25, 0.3) is 5.91 Å². The number of piperidine rings is 1. The van der Waals surface area contributed by atoms with Gasteiger partial charge >= 0.3 is 0 Å². The van der Waals surface area contributed by atoms with Crippen molar-refractivity contribution < 1.29 is 22.7 Å². The summed E-state index contributed by atoms with van der Waals surface area (Å²) in [6, 6.07) is 12.9. The Morgan fingerprint density at radius 1 is 1.03 bits per heavy atom. The Morgan fingerprint density at radius 3 is 2.41 bits per heavy atom. The Labute approximate surface area is 204 Å². The van der Waals surface area contributed by atoms with Crippen molar-refractivity contribution in [3.05, 3.63) is 59.1 Å². The zero-order chi connectivity index (χ0) is 24.1. The van der Waals surface area contributed by atoms with E-state index < -0.39 is 10.0 Å². The fourth-order valence-electron chi connectivity index (χ4n) is 4.25. The van der Waals surface area contributed by atoms with Gasteiger partial charge in [0.05, 0.1) is 22.3 Å². The number of anilines is 1. The summed E-state index contributed by atoms with van der Waals surface area (Å²) in [7, 11) is -3.64. The highest BCUT2D eigenvalue weighted by molar-refractivity contribution is 7.89. The summed E-state index contributed by atoms with van der Waals surface area (Å²) in [4.78, 5) is 25.8. The van der Waals surface area contributed by atoms with Crippen LogP contribution in [-0.4, -0.2) is 56.9 Å². The lowest BCUT2D eigenvalue weighted by atomic mass is 9.97. The summed E-state index contributed by atoms with van der Waals surface area (Å²) in [6.45, 7) is 1.63.